The summed E-state index contributed by atoms with van der Waals surface area (Å²) in [6, 6.07) is 50.6. The molecular weight excluding hydrogens is 542 g/mol. The van der Waals surface area contributed by atoms with Crippen LogP contribution >= 0.6 is 0 Å². The second kappa shape index (κ2) is 9.94. The maximum Gasteiger partial charge on any atom is 0.0726 e. The van der Waals surface area contributed by atoms with Gasteiger partial charge in [0.05, 0.1) is 10.9 Å². The summed E-state index contributed by atoms with van der Waals surface area (Å²) in [6.45, 7) is 1.70. The van der Waals surface area contributed by atoms with Crippen molar-refractivity contribution in [1.29, 1.82) is 0 Å². The molecule has 45 heavy (non-hydrogen) atoms. The van der Waals surface area contributed by atoms with E-state index in [-0.39, 0.29) is 24.2 Å². The molecular formula is C44H31N. The third-order valence-corrected chi connectivity index (χ3v) is 9.43. The summed E-state index contributed by atoms with van der Waals surface area (Å²) in [4.78, 5) is 1.94. The molecule has 1 spiro atoms. The Bertz CT molecular complexity index is 2360. The van der Waals surface area contributed by atoms with Gasteiger partial charge in [0.15, 0.2) is 0 Å². The molecule has 0 amide bonds. The molecule has 212 valence electrons. The molecule has 9 rings (SSSR count). The summed E-state index contributed by atoms with van der Waals surface area (Å²) < 4.78 is 35.5. The Balaban J connectivity index is 1.33. The number of rotatable bonds is 4. The molecule has 0 saturated carbocycles. The number of fused-ring (bicyclic) bond motifs is 10. The molecule has 0 bridgehead atoms. The molecule has 0 aliphatic heterocycles. The first kappa shape index (κ1) is 21.9. The highest BCUT2D eigenvalue weighted by Crippen LogP contribution is 2.63. The molecule has 0 N–H and O–H groups in total. The van der Waals surface area contributed by atoms with Crippen molar-refractivity contribution in [3.05, 3.63) is 198 Å². The average molecular weight is 578 g/mol. The van der Waals surface area contributed by atoms with Crippen LogP contribution in [0.4, 0.5) is 17.1 Å². The first-order valence-electron chi connectivity index (χ1n) is 17.4. The Morgan fingerprint density at radius 3 is 1.60 bits per heavy atom. The number of nitrogens with zero attached hydrogens (tertiary/aromatic N) is 1. The molecule has 0 atom stereocenters. The van der Waals surface area contributed by atoms with Gasteiger partial charge in [0.2, 0.25) is 0 Å². The fourth-order valence-corrected chi connectivity index (χ4v) is 7.60. The third kappa shape index (κ3) is 3.74. The van der Waals surface area contributed by atoms with Crippen molar-refractivity contribution >= 4 is 17.1 Å². The predicted molar refractivity (Wildman–Crippen MR) is 188 cm³/mol. The van der Waals surface area contributed by atoms with Crippen LogP contribution in [0.15, 0.2) is 170 Å². The maximum absolute atomic E-state index is 9.23. The number of hydrogen-bond acceptors (Lipinski definition) is 1. The zero-order valence-electron chi connectivity index (χ0n) is 28.8. The van der Waals surface area contributed by atoms with Crippen LogP contribution < -0.4 is 4.90 Å². The first-order chi connectivity index (χ1) is 23.9. The normalized spacial score (nSPS) is 14.4. The standard InChI is InChI=1S/C44H31N/c1-30-12-11-15-34(28-30)45(33-24-22-32(23-25-33)31-13-3-2-4-14-31)35-26-27-39-38-18-7-10-21-42(38)44(43(39)29-35)40-19-8-5-16-36(40)37-17-6-9-20-41(37)44/h2-29H,1H3/i11D,12D,15D,28D. The van der Waals surface area contributed by atoms with Crippen molar-refractivity contribution in [1.82, 2.24) is 0 Å². The van der Waals surface area contributed by atoms with E-state index in [0.717, 1.165) is 33.6 Å². The third-order valence-electron chi connectivity index (χ3n) is 9.43. The quantitative estimate of drug-likeness (QED) is 0.201. The van der Waals surface area contributed by atoms with Gasteiger partial charge in [-0.3, -0.25) is 0 Å². The number of benzene rings is 7. The summed E-state index contributed by atoms with van der Waals surface area (Å²) in [5.74, 6) is 0. The molecule has 1 nitrogen and oxygen atoms in total. The minimum absolute atomic E-state index is 0.0770. The second-order valence-electron chi connectivity index (χ2n) is 11.8. The molecule has 0 heterocycles. The molecule has 0 aromatic heterocycles. The second-order valence-corrected chi connectivity index (χ2v) is 11.8. The van der Waals surface area contributed by atoms with E-state index in [2.05, 4.69) is 115 Å². The number of anilines is 3. The molecule has 0 fully saturated rings. The fourth-order valence-electron chi connectivity index (χ4n) is 7.60. The largest absolute Gasteiger partial charge is 0.310 e. The lowest BCUT2D eigenvalue weighted by Gasteiger charge is -2.32. The van der Waals surface area contributed by atoms with Crippen LogP contribution in [0.2, 0.25) is 0 Å². The Morgan fingerprint density at radius 2 is 0.978 bits per heavy atom. The van der Waals surface area contributed by atoms with E-state index in [1.165, 1.54) is 33.4 Å². The van der Waals surface area contributed by atoms with E-state index >= 15 is 0 Å². The lowest BCUT2D eigenvalue weighted by Crippen LogP contribution is -2.26. The van der Waals surface area contributed by atoms with Gasteiger partial charge in [0, 0.05) is 17.1 Å². The van der Waals surface area contributed by atoms with Gasteiger partial charge in [0.1, 0.15) is 0 Å². The van der Waals surface area contributed by atoms with Crippen LogP contribution in [0.5, 0.6) is 0 Å². The van der Waals surface area contributed by atoms with E-state index in [1.54, 1.807) is 6.92 Å². The maximum atomic E-state index is 9.23. The molecule has 7 aromatic carbocycles. The average Bonchev–Trinajstić information content (AvgIpc) is 3.62. The van der Waals surface area contributed by atoms with Gasteiger partial charge in [-0.15, -0.1) is 0 Å². The Morgan fingerprint density at radius 1 is 0.467 bits per heavy atom. The van der Waals surface area contributed by atoms with Gasteiger partial charge in [-0.25, -0.2) is 0 Å². The van der Waals surface area contributed by atoms with E-state index in [9.17, 15) is 1.37 Å². The van der Waals surface area contributed by atoms with Crippen LogP contribution in [-0.2, 0) is 5.41 Å². The fraction of sp³-hybridized carbons (Fsp3) is 0.0455. The molecule has 2 aliphatic rings. The molecule has 2 aliphatic carbocycles. The molecule has 0 unspecified atom stereocenters. The highest BCUT2D eigenvalue weighted by molar-refractivity contribution is 5.96. The lowest BCUT2D eigenvalue weighted by atomic mass is 9.70. The molecule has 0 radical (unpaired) electrons. The van der Waals surface area contributed by atoms with Gasteiger partial charge in [-0.05, 0) is 104 Å². The van der Waals surface area contributed by atoms with Crippen LogP contribution in [0.25, 0.3) is 33.4 Å². The summed E-state index contributed by atoms with van der Waals surface area (Å²) in [7, 11) is 0. The Hall–Kier alpha value is -5.66. The zero-order chi connectivity index (χ0) is 33.4. The van der Waals surface area contributed by atoms with Crippen molar-refractivity contribution in [3.63, 3.8) is 0 Å². The van der Waals surface area contributed by atoms with Gasteiger partial charge < -0.3 is 4.90 Å². The Labute approximate surface area is 270 Å². The summed E-state index contributed by atoms with van der Waals surface area (Å²) in [5, 5.41) is 0. The van der Waals surface area contributed by atoms with E-state index in [4.69, 9.17) is 4.11 Å². The summed E-state index contributed by atoms with van der Waals surface area (Å²) >= 11 is 0. The van der Waals surface area contributed by atoms with Crippen molar-refractivity contribution in [3.8, 4) is 33.4 Å². The summed E-state index contributed by atoms with van der Waals surface area (Å²) in [5.41, 5.74) is 13.5. The monoisotopic (exact) mass is 577 g/mol. The van der Waals surface area contributed by atoms with Crippen LogP contribution in [-0.4, -0.2) is 0 Å². The molecule has 7 aromatic rings. The van der Waals surface area contributed by atoms with E-state index < -0.39 is 5.41 Å². The highest BCUT2D eigenvalue weighted by Gasteiger charge is 2.51. The van der Waals surface area contributed by atoms with Crippen molar-refractivity contribution in [2.24, 2.45) is 0 Å². The minimum atomic E-state index is -0.549. The van der Waals surface area contributed by atoms with Crippen LogP contribution in [0.3, 0.4) is 0 Å². The zero-order valence-corrected chi connectivity index (χ0v) is 24.8. The van der Waals surface area contributed by atoms with Crippen LogP contribution in [0.1, 0.15) is 33.3 Å². The van der Waals surface area contributed by atoms with Gasteiger partial charge in [-0.2, -0.15) is 0 Å². The van der Waals surface area contributed by atoms with E-state index in [1.807, 2.05) is 35.2 Å². The van der Waals surface area contributed by atoms with Crippen LogP contribution in [0, 0.1) is 6.92 Å². The highest BCUT2D eigenvalue weighted by atomic mass is 15.1. The topological polar surface area (TPSA) is 3.24 Å². The smallest absolute Gasteiger partial charge is 0.0726 e. The SMILES string of the molecule is [2H]c1c([2H])c(C)c([2H])c(N(c2ccc(-c3ccccc3)cc2)c2ccc3c(c2)C2(c4ccccc4-c4ccccc42)c2ccccc2-3)c1[2H]. The summed E-state index contributed by atoms with van der Waals surface area (Å²) in [6.07, 6.45) is 0. The van der Waals surface area contributed by atoms with Gasteiger partial charge >= 0.3 is 0 Å². The van der Waals surface area contributed by atoms with Crippen molar-refractivity contribution < 1.29 is 5.48 Å². The molecule has 0 saturated heterocycles. The minimum Gasteiger partial charge on any atom is -0.310 e. The Kier molecular flexibility index (Phi) is 4.85. The van der Waals surface area contributed by atoms with E-state index in [0.29, 0.717) is 11.3 Å². The first-order valence-corrected chi connectivity index (χ1v) is 15.4. The molecule has 1 heteroatoms. The van der Waals surface area contributed by atoms with Gasteiger partial charge in [-0.1, -0.05) is 133 Å². The van der Waals surface area contributed by atoms with Gasteiger partial charge in [0.25, 0.3) is 0 Å². The number of hydrogen-bond donors (Lipinski definition) is 0. The van der Waals surface area contributed by atoms with Crippen molar-refractivity contribution in [2.75, 3.05) is 4.90 Å². The predicted octanol–water partition coefficient (Wildman–Crippen LogP) is 11.5. The lowest BCUT2D eigenvalue weighted by molar-refractivity contribution is 0.793. The van der Waals surface area contributed by atoms with Crippen molar-refractivity contribution in [2.45, 2.75) is 12.3 Å².